The molecular weight excluding hydrogens is 234 g/mol. The van der Waals surface area contributed by atoms with Gasteiger partial charge in [-0.1, -0.05) is 24.1 Å². The van der Waals surface area contributed by atoms with E-state index in [1.807, 2.05) is 25.1 Å². The summed E-state index contributed by atoms with van der Waals surface area (Å²) in [5.74, 6) is 0.799. The van der Waals surface area contributed by atoms with Crippen molar-refractivity contribution in [2.45, 2.75) is 38.6 Å². The quantitative estimate of drug-likeness (QED) is 0.886. The standard InChI is InChI=1S/C14H20ClNO/c1-11-5-6-14(13(15)10-11)17-9-7-12-4-2-3-8-16-12/h5-6,10,12,16H,2-4,7-9H2,1H3. The van der Waals surface area contributed by atoms with Gasteiger partial charge in [0, 0.05) is 6.04 Å². The van der Waals surface area contributed by atoms with E-state index in [9.17, 15) is 0 Å². The number of nitrogens with one attached hydrogen (secondary N) is 1. The number of ether oxygens (including phenoxy) is 1. The molecule has 94 valence electrons. The molecular formula is C14H20ClNO. The average Bonchev–Trinajstić information content (AvgIpc) is 2.33. The van der Waals surface area contributed by atoms with Crippen molar-refractivity contribution >= 4 is 11.6 Å². The van der Waals surface area contributed by atoms with Gasteiger partial charge in [0.2, 0.25) is 0 Å². The van der Waals surface area contributed by atoms with Crippen molar-refractivity contribution in [3.63, 3.8) is 0 Å². The molecule has 0 aliphatic carbocycles. The first-order chi connectivity index (χ1) is 8.25. The SMILES string of the molecule is Cc1ccc(OCCC2CCCCN2)c(Cl)c1. The van der Waals surface area contributed by atoms with E-state index in [0.717, 1.165) is 30.9 Å². The zero-order valence-corrected chi connectivity index (χ0v) is 11.1. The molecule has 1 aromatic rings. The van der Waals surface area contributed by atoms with Crippen molar-refractivity contribution in [3.8, 4) is 5.75 Å². The molecule has 0 aromatic heterocycles. The van der Waals surface area contributed by atoms with E-state index in [1.54, 1.807) is 0 Å². The van der Waals surface area contributed by atoms with Crippen LogP contribution in [0, 0.1) is 6.92 Å². The number of hydrogen-bond acceptors (Lipinski definition) is 2. The van der Waals surface area contributed by atoms with Gasteiger partial charge in [0.25, 0.3) is 0 Å². The van der Waals surface area contributed by atoms with Crippen LogP contribution in [0.15, 0.2) is 18.2 Å². The molecule has 1 N–H and O–H groups in total. The van der Waals surface area contributed by atoms with Crippen molar-refractivity contribution in [2.75, 3.05) is 13.2 Å². The number of halogens is 1. The molecule has 0 radical (unpaired) electrons. The lowest BCUT2D eigenvalue weighted by atomic mass is 10.0. The van der Waals surface area contributed by atoms with Gasteiger partial charge in [0.1, 0.15) is 5.75 Å². The summed E-state index contributed by atoms with van der Waals surface area (Å²) in [5, 5.41) is 4.23. The van der Waals surface area contributed by atoms with Gasteiger partial charge in [-0.15, -0.1) is 0 Å². The highest BCUT2D eigenvalue weighted by Gasteiger charge is 2.12. The molecule has 0 bridgehead atoms. The van der Waals surface area contributed by atoms with E-state index < -0.39 is 0 Å². The van der Waals surface area contributed by atoms with Gasteiger partial charge in [-0.3, -0.25) is 0 Å². The van der Waals surface area contributed by atoms with E-state index in [0.29, 0.717) is 11.1 Å². The maximum absolute atomic E-state index is 6.11. The molecule has 17 heavy (non-hydrogen) atoms. The molecule has 0 saturated carbocycles. The molecule has 1 atom stereocenters. The third-order valence-electron chi connectivity index (χ3n) is 3.22. The molecule has 2 nitrogen and oxygen atoms in total. The van der Waals surface area contributed by atoms with E-state index >= 15 is 0 Å². The van der Waals surface area contributed by atoms with Gasteiger partial charge in [-0.05, 0) is 50.4 Å². The largest absolute Gasteiger partial charge is 0.492 e. The highest BCUT2D eigenvalue weighted by molar-refractivity contribution is 6.32. The maximum Gasteiger partial charge on any atom is 0.137 e. The van der Waals surface area contributed by atoms with Crippen LogP contribution in [0.5, 0.6) is 5.75 Å². The number of piperidine rings is 1. The smallest absolute Gasteiger partial charge is 0.137 e. The Hall–Kier alpha value is -0.730. The first kappa shape index (κ1) is 12.7. The predicted molar refractivity (Wildman–Crippen MR) is 71.9 cm³/mol. The molecule has 1 aliphatic rings. The van der Waals surface area contributed by atoms with E-state index in [4.69, 9.17) is 16.3 Å². The van der Waals surface area contributed by atoms with Gasteiger partial charge in [-0.25, -0.2) is 0 Å². The van der Waals surface area contributed by atoms with Gasteiger partial charge in [0.15, 0.2) is 0 Å². The van der Waals surface area contributed by atoms with Crippen LogP contribution < -0.4 is 10.1 Å². The molecule has 2 rings (SSSR count). The monoisotopic (exact) mass is 253 g/mol. The molecule has 0 spiro atoms. The average molecular weight is 254 g/mol. The summed E-state index contributed by atoms with van der Waals surface area (Å²) in [5.41, 5.74) is 1.16. The van der Waals surface area contributed by atoms with Crippen LogP contribution in [0.2, 0.25) is 5.02 Å². The summed E-state index contributed by atoms with van der Waals surface area (Å²) in [6.45, 7) is 3.91. The zero-order chi connectivity index (χ0) is 12.1. The fourth-order valence-electron chi connectivity index (χ4n) is 2.20. The van der Waals surface area contributed by atoms with Crippen molar-refractivity contribution in [3.05, 3.63) is 28.8 Å². The van der Waals surface area contributed by atoms with Crippen LogP contribution in [-0.4, -0.2) is 19.2 Å². The van der Waals surface area contributed by atoms with Crippen molar-refractivity contribution in [1.29, 1.82) is 0 Å². The number of aryl methyl sites for hydroxylation is 1. The highest BCUT2D eigenvalue weighted by Crippen LogP contribution is 2.25. The van der Waals surface area contributed by atoms with Gasteiger partial charge in [0.05, 0.1) is 11.6 Å². The Morgan fingerprint density at radius 3 is 3.00 bits per heavy atom. The molecule has 0 amide bonds. The summed E-state index contributed by atoms with van der Waals surface area (Å²) in [6, 6.07) is 6.54. The summed E-state index contributed by atoms with van der Waals surface area (Å²) < 4.78 is 5.72. The van der Waals surface area contributed by atoms with Gasteiger partial charge >= 0.3 is 0 Å². The Labute approximate surface area is 108 Å². The van der Waals surface area contributed by atoms with Gasteiger partial charge < -0.3 is 10.1 Å². The maximum atomic E-state index is 6.11. The van der Waals surface area contributed by atoms with Crippen molar-refractivity contribution < 1.29 is 4.74 Å². The molecule has 1 aliphatic heterocycles. The topological polar surface area (TPSA) is 21.3 Å². The molecule has 3 heteroatoms. The fraction of sp³-hybridized carbons (Fsp3) is 0.571. The van der Waals surface area contributed by atoms with Crippen LogP contribution in [-0.2, 0) is 0 Å². The summed E-state index contributed by atoms with van der Waals surface area (Å²) in [6.07, 6.45) is 4.97. The first-order valence-electron chi connectivity index (χ1n) is 6.38. The second-order valence-corrected chi connectivity index (χ2v) is 5.13. The van der Waals surface area contributed by atoms with Gasteiger partial charge in [-0.2, -0.15) is 0 Å². The fourth-order valence-corrected chi connectivity index (χ4v) is 2.49. The Bertz CT molecular complexity index is 361. The number of hydrogen-bond donors (Lipinski definition) is 1. The zero-order valence-electron chi connectivity index (χ0n) is 10.3. The molecule has 1 heterocycles. The van der Waals surface area contributed by atoms with Crippen LogP contribution in [0.3, 0.4) is 0 Å². The van der Waals surface area contributed by atoms with E-state index in [-0.39, 0.29) is 0 Å². The third kappa shape index (κ3) is 3.90. The Morgan fingerprint density at radius 1 is 1.41 bits per heavy atom. The molecule has 1 aromatic carbocycles. The minimum absolute atomic E-state index is 0.618. The summed E-state index contributed by atoms with van der Waals surface area (Å²) in [4.78, 5) is 0. The molecule has 1 fully saturated rings. The lowest BCUT2D eigenvalue weighted by Crippen LogP contribution is -2.35. The van der Waals surface area contributed by atoms with Crippen molar-refractivity contribution in [1.82, 2.24) is 5.32 Å². The van der Waals surface area contributed by atoms with Crippen LogP contribution in [0.4, 0.5) is 0 Å². The van der Waals surface area contributed by atoms with Crippen LogP contribution >= 0.6 is 11.6 Å². The Kier molecular flexibility index (Phi) is 4.69. The Morgan fingerprint density at radius 2 is 2.29 bits per heavy atom. The lowest BCUT2D eigenvalue weighted by molar-refractivity contribution is 0.268. The summed E-state index contributed by atoms with van der Waals surface area (Å²) in [7, 11) is 0. The van der Waals surface area contributed by atoms with E-state index in [1.165, 1.54) is 19.3 Å². The normalized spacial score (nSPS) is 20.2. The molecule has 1 unspecified atom stereocenters. The van der Waals surface area contributed by atoms with Crippen LogP contribution in [0.25, 0.3) is 0 Å². The second kappa shape index (κ2) is 6.27. The molecule has 1 saturated heterocycles. The minimum atomic E-state index is 0.618. The van der Waals surface area contributed by atoms with E-state index in [2.05, 4.69) is 5.32 Å². The van der Waals surface area contributed by atoms with Crippen LogP contribution in [0.1, 0.15) is 31.2 Å². The second-order valence-electron chi connectivity index (χ2n) is 4.72. The highest BCUT2D eigenvalue weighted by atomic mass is 35.5. The minimum Gasteiger partial charge on any atom is -0.492 e. The number of benzene rings is 1. The first-order valence-corrected chi connectivity index (χ1v) is 6.76. The predicted octanol–water partition coefficient (Wildman–Crippen LogP) is 3.56. The van der Waals surface area contributed by atoms with Crippen molar-refractivity contribution in [2.24, 2.45) is 0 Å². The Balaban J connectivity index is 1.77. The summed E-state index contributed by atoms with van der Waals surface area (Å²) >= 11 is 6.11. The third-order valence-corrected chi connectivity index (χ3v) is 3.52. The number of rotatable bonds is 4. The lowest BCUT2D eigenvalue weighted by Gasteiger charge is -2.23.